The monoisotopic (exact) mass is 302 g/mol. The van der Waals surface area contributed by atoms with Crippen LogP contribution in [0, 0.1) is 0 Å². The Balaban J connectivity index is 1.55. The molecule has 20 heavy (non-hydrogen) atoms. The Labute approximate surface area is 121 Å². The van der Waals surface area contributed by atoms with Crippen LogP contribution >= 0.6 is 0 Å². The fourth-order valence-corrected chi connectivity index (χ4v) is 4.94. The van der Waals surface area contributed by atoms with Crippen LogP contribution in [0.5, 0.6) is 0 Å². The first kappa shape index (κ1) is 14.8. The van der Waals surface area contributed by atoms with Crippen LogP contribution in [0.3, 0.4) is 0 Å². The lowest BCUT2D eigenvalue weighted by Crippen LogP contribution is -2.56. The zero-order valence-electron chi connectivity index (χ0n) is 12.0. The van der Waals surface area contributed by atoms with Crippen molar-refractivity contribution in [2.75, 3.05) is 6.54 Å². The summed E-state index contributed by atoms with van der Waals surface area (Å²) in [6, 6.07) is 0.167. The number of sulfonamides is 1. The lowest BCUT2D eigenvalue weighted by atomic mass is 9.79. The largest absolute Gasteiger partial charge is 0.389 e. The summed E-state index contributed by atoms with van der Waals surface area (Å²) in [5.41, 5.74) is -0.544. The molecule has 3 N–H and O–H groups in total. The Hall–Kier alpha value is -0.170. The van der Waals surface area contributed by atoms with Crippen LogP contribution < -0.4 is 10.0 Å². The van der Waals surface area contributed by atoms with Gasteiger partial charge in [0, 0.05) is 18.6 Å². The summed E-state index contributed by atoms with van der Waals surface area (Å²) < 4.78 is 27.1. The van der Waals surface area contributed by atoms with Gasteiger partial charge < -0.3 is 10.4 Å². The van der Waals surface area contributed by atoms with Crippen molar-refractivity contribution in [2.45, 2.75) is 80.7 Å². The van der Waals surface area contributed by atoms with E-state index in [4.69, 9.17) is 0 Å². The molecule has 5 nitrogen and oxygen atoms in total. The highest BCUT2D eigenvalue weighted by Gasteiger charge is 2.40. The van der Waals surface area contributed by atoms with Gasteiger partial charge in [0.05, 0.1) is 10.9 Å². The average molecular weight is 302 g/mol. The summed E-state index contributed by atoms with van der Waals surface area (Å²) in [5, 5.41) is 13.4. The number of aliphatic hydroxyl groups is 1. The lowest BCUT2D eigenvalue weighted by molar-refractivity contribution is -0.0345. The van der Waals surface area contributed by atoms with Crippen molar-refractivity contribution >= 4 is 10.0 Å². The van der Waals surface area contributed by atoms with Crippen LogP contribution in [-0.4, -0.2) is 43.0 Å². The highest BCUT2D eigenvalue weighted by atomic mass is 32.2. The van der Waals surface area contributed by atoms with Gasteiger partial charge in [0.2, 0.25) is 10.0 Å². The molecule has 3 aliphatic carbocycles. The molecule has 0 bridgehead atoms. The lowest BCUT2D eigenvalue weighted by Gasteiger charge is -2.40. The SMILES string of the molecule is O=S(=O)(N[C@@H]1CCCC[C@H]1NCC1(O)CCC1)C1CC1. The van der Waals surface area contributed by atoms with E-state index in [1.54, 1.807) is 0 Å². The molecule has 0 spiro atoms. The molecule has 0 radical (unpaired) electrons. The summed E-state index contributed by atoms with van der Waals surface area (Å²) in [5.74, 6) is 0. The van der Waals surface area contributed by atoms with E-state index < -0.39 is 15.6 Å². The smallest absolute Gasteiger partial charge is 0.214 e. The number of hydrogen-bond donors (Lipinski definition) is 3. The van der Waals surface area contributed by atoms with Crippen molar-refractivity contribution in [3.63, 3.8) is 0 Å². The summed E-state index contributed by atoms with van der Waals surface area (Å²) in [6.45, 7) is 0.597. The first-order chi connectivity index (χ1) is 9.49. The quantitative estimate of drug-likeness (QED) is 0.681. The van der Waals surface area contributed by atoms with E-state index in [9.17, 15) is 13.5 Å². The van der Waals surface area contributed by atoms with Crippen LogP contribution in [0.4, 0.5) is 0 Å². The van der Waals surface area contributed by atoms with Gasteiger partial charge in [-0.25, -0.2) is 13.1 Å². The molecule has 3 rings (SSSR count). The molecule has 0 saturated heterocycles. The molecule has 3 saturated carbocycles. The zero-order valence-corrected chi connectivity index (χ0v) is 12.8. The van der Waals surface area contributed by atoms with Crippen molar-refractivity contribution in [2.24, 2.45) is 0 Å². The van der Waals surface area contributed by atoms with Crippen molar-refractivity contribution in [3.8, 4) is 0 Å². The maximum atomic E-state index is 12.1. The highest BCUT2D eigenvalue weighted by Crippen LogP contribution is 2.32. The molecule has 0 unspecified atom stereocenters. The van der Waals surface area contributed by atoms with Gasteiger partial charge in [-0.1, -0.05) is 12.8 Å². The second-order valence-corrected chi connectivity index (χ2v) is 8.81. The third-order valence-corrected chi connectivity index (χ3v) is 7.00. The van der Waals surface area contributed by atoms with Gasteiger partial charge in [0.1, 0.15) is 0 Å². The number of rotatable bonds is 6. The summed E-state index contributed by atoms with van der Waals surface area (Å²) in [6.07, 6.45) is 8.56. The van der Waals surface area contributed by atoms with Crippen molar-refractivity contribution < 1.29 is 13.5 Å². The molecule has 0 aromatic heterocycles. The molecule has 2 atom stereocenters. The van der Waals surface area contributed by atoms with E-state index in [0.29, 0.717) is 6.54 Å². The molecule has 0 heterocycles. The normalized spacial score (nSPS) is 33.6. The molecule has 6 heteroatoms. The van der Waals surface area contributed by atoms with Gasteiger partial charge in [-0.2, -0.15) is 0 Å². The number of nitrogens with one attached hydrogen (secondary N) is 2. The molecular formula is C14H26N2O3S. The van der Waals surface area contributed by atoms with Gasteiger partial charge in [-0.15, -0.1) is 0 Å². The summed E-state index contributed by atoms with van der Waals surface area (Å²) in [7, 11) is -3.12. The van der Waals surface area contributed by atoms with Crippen LogP contribution in [-0.2, 0) is 10.0 Å². The van der Waals surface area contributed by atoms with E-state index in [2.05, 4.69) is 10.0 Å². The van der Waals surface area contributed by atoms with E-state index in [1.807, 2.05) is 0 Å². The second-order valence-electron chi connectivity index (χ2n) is 6.82. The highest BCUT2D eigenvalue weighted by molar-refractivity contribution is 7.90. The molecule has 0 amide bonds. The fraction of sp³-hybridized carbons (Fsp3) is 1.00. The van der Waals surface area contributed by atoms with E-state index in [1.165, 1.54) is 0 Å². The molecular weight excluding hydrogens is 276 g/mol. The van der Waals surface area contributed by atoms with Crippen LogP contribution in [0.15, 0.2) is 0 Å². The van der Waals surface area contributed by atoms with Gasteiger partial charge >= 0.3 is 0 Å². The predicted molar refractivity (Wildman–Crippen MR) is 77.9 cm³/mol. The van der Waals surface area contributed by atoms with E-state index in [-0.39, 0.29) is 17.3 Å². The van der Waals surface area contributed by atoms with E-state index in [0.717, 1.165) is 57.8 Å². The van der Waals surface area contributed by atoms with Crippen molar-refractivity contribution in [1.82, 2.24) is 10.0 Å². The minimum Gasteiger partial charge on any atom is -0.389 e. The average Bonchev–Trinajstić information content (AvgIpc) is 3.19. The molecule has 116 valence electrons. The minimum absolute atomic E-state index is 0.00183. The molecule has 0 aromatic rings. The Morgan fingerprint density at radius 1 is 1.00 bits per heavy atom. The Bertz CT molecular complexity index is 443. The molecule has 3 aliphatic rings. The minimum atomic E-state index is -3.12. The van der Waals surface area contributed by atoms with Gasteiger partial charge in [-0.3, -0.25) is 0 Å². The van der Waals surface area contributed by atoms with Crippen molar-refractivity contribution in [3.05, 3.63) is 0 Å². The Morgan fingerprint density at radius 2 is 1.65 bits per heavy atom. The maximum Gasteiger partial charge on any atom is 0.214 e. The third kappa shape index (κ3) is 3.35. The zero-order chi connectivity index (χ0) is 14.2. The van der Waals surface area contributed by atoms with Gasteiger partial charge in [0.15, 0.2) is 0 Å². The van der Waals surface area contributed by atoms with E-state index >= 15 is 0 Å². The van der Waals surface area contributed by atoms with Crippen LogP contribution in [0.25, 0.3) is 0 Å². The molecule has 3 fully saturated rings. The summed E-state index contributed by atoms with van der Waals surface area (Å²) >= 11 is 0. The Morgan fingerprint density at radius 3 is 2.20 bits per heavy atom. The fourth-order valence-electron chi connectivity index (χ4n) is 3.28. The molecule has 0 aliphatic heterocycles. The standard InChI is InChI=1S/C14H26N2O3S/c17-14(8-3-9-14)10-15-12-4-1-2-5-13(12)16-20(18,19)11-6-7-11/h11-13,15-17H,1-10H2/t12-,13-/m1/s1. The van der Waals surface area contributed by atoms with Crippen LogP contribution in [0.1, 0.15) is 57.8 Å². The topological polar surface area (TPSA) is 78.4 Å². The number of hydrogen-bond acceptors (Lipinski definition) is 4. The predicted octanol–water partition coefficient (Wildman–Crippen LogP) is 0.884. The first-order valence-corrected chi connectivity index (χ1v) is 9.50. The molecule has 0 aromatic carbocycles. The maximum absolute atomic E-state index is 12.1. The Kier molecular flexibility index (Phi) is 4.10. The van der Waals surface area contributed by atoms with Crippen LogP contribution in [0.2, 0.25) is 0 Å². The second kappa shape index (κ2) is 5.55. The third-order valence-electron chi connectivity index (χ3n) is 5.02. The summed E-state index contributed by atoms with van der Waals surface area (Å²) in [4.78, 5) is 0. The first-order valence-electron chi connectivity index (χ1n) is 7.95. The van der Waals surface area contributed by atoms with Gasteiger partial charge in [-0.05, 0) is 44.9 Å². The van der Waals surface area contributed by atoms with Crippen molar-refractivity contribution in [1.29, 1.82) is 0 Å². The van der Waals surface area contributed by atoms with Gasteiger partial charge in [0.25, 0.3) is 0 Å².